The Morgan fingerprint density at radius 3 is 2.55 bits per heavy atom. The molecule has 0 bridgehead atoms. The lowest BCUT2D eigenvalue weighted by atomic mass is 9.94. The fourth-order valence-electron chi connectivity index (χ4n) is 3.60. The maximum absolute atomic E-state index is 12.4. The Hall–Kier alpha value is -0.610. The summed E-state index contributed by atoms with van der Waals surface area (Å²) in [5, 5.41) is 13.6. The molecule has 2 aliphatic rings. The number of amides is 1. The first-order chi connectivity index (χ1) is 9.64. The predicted octanol–water partition coefficient (Wildman–Crippen LogP) is 2.06. The molecule has 2 rings (SSSR count). The van der Waals surface area contributed by atoms with Gasteiger partial charge in [-0.3, -0.25) is 9.69 Å². The van der Waals surface area contributed by atoms with Gasteiger partial charge in [-0.25, -0.2) is 0 Å². The van der Waals surface area contributed by atoms with Crippen molar-refractivity contribution >= 4 is 5.91 Å². The topological polar surface area (TPSA) is 52.6 Å². The van der Waals surface area contributed by atoms with E-state index >= 15 is 0 Å². The van der Waals surface area contributed by atoms with Gasteiger partial charge in [0.25, 0.3) is 0 Å². The molecular weight excluding hydrogens is 252 g/mol. The second-order valence-corrected chi connectivity index (χ2v) is 6.50. The number of carbonyl (C=O) groups is 1. The summed E-state index contributed by atoms with van der Waals surface area (Å²) in [6.45, 7) is 4.51. The van der Waals surface area contributed by atoms with Gasteiger partial charge in [-0.05, 0) is 38.8 Å². The lowest BCUT2D eigenvalue weighted by Gasteiger charge is -2.35. The van der Waals surface area contributed by atoms with Crippen LogP contribution in [0, 0.1) is 0 Å². The normalized spacial score (nSPS) is 27.8. The van der Waals surface area contributed by atoms with E-state index in [1.165, 1.54) is 19.3 Å². The van der Waals surface area contributed by atoms with Crippen LogP contribution in [0.3, 0.4) is 0 Å². The van der Waals surface area contributed by atoms with Crippen LogP contribution in [-0.4, -0.2) is 47.2 Å². The average Bonchev–Trinajstić information content (AvgIpc) is 2.70. The zero-order valence-electron chi connectivity index (χ0n) is 12.9. The quantitative estimate of drug-likeness (QED) is 0.776. The Bertz CT molecular complexity index is 312. The van der Waals surface area contributed by atoms with Crippen molar-refractivity contribution in [3.05, 3.63) is 0 Å². The first-order valence-corrected chi connectivity index (χ1v) is 8.39. The molecule has 4 heteroatoms. The van der Waals surface area contributed by atoms with Gasteiger partial charge in [-0.1, -0.05) is 39.0 Å². The molecule has 1 amide bonds. The Morgan fingerprint density at radius 1 is 1.20 bits per heavy atom. The molecular formula is C16H30N2O2. The molecule has 1 unspecified atom stereocenters. The monoisotopic (exact) mass is 282 g/mol. The van der Waals surface area contributed by atoms with Crippen molar-refractivity contribution in [2.24, 2.45) is 0 Å². The van der Waals surface area contributed by atoms with Crippen LogP contribution in [0.4, 0.5) is 0 Å². The van der Waals surface area contributed by atoms with Gasteiger partial charge in [-0.2, -0.15) is 0 Å². The third-order valence-electron chi connectivity index (χ3n) is 4.95. The number of likely N-dealkylation sites (N-methyl/N-ethyl adjacent to an activating group) is 1. The molecule has 2 N–H and O–H groups in total. The van der Waals surface area contributed by atoms with Crippen LogP contribution in [0.1, 0.15) is 64.7 Å². The summed E-state index contributed by atoms with van der Waals surface area (Å²) in [5.41, 5.74) is -0.669. The molecule has 0 aromatic heterocycles. The third kappa shape index (κ3) is 4.19. The number of aliphatic hydroxyl groups is 1. The Kier molecular flexibility index (Phi) is 5.85. The van der Waals surface area contributed by atoms with Crippen molar-refractivity contribution < 1.29 is 9.90 Å². The summed E-state index contributed by atoms with van der Waals surface area (Å²) in [5.74, 6) is 0.115. The van der Waals surface area contributed by atoms with E-state index in [1.807, 2.05) is 0 Å². The highest BCUT2D eigenvalue weighted by Gasteiger charge is 2.31. The molecule has 116 valence electrons. The van der Waals surface area contributed by atoms with Crippen LogP contribution >= 0.6 is 0 Å². The van der Waals surface area contributed by atoms with Gasteiger partial charge in [-0.15, -0.1) is 0 Å². The number of rotatable bonds is 4. The van der Waals surface area contributed by atoms with Crippen LogP contribution in [0.25, 0.3) is 0 Å². The standard InChI is InChI=1S/C16H30N2O2/c1-2-18-12-8-5-9-14(18)15(19)17-13-16(20)10-6-3-4-7-11-16/h14,20H,2-13H2,1H3,(H,17,19). The molecule has 20 heavy (non-hydrogen) atoms. The first-order valence-electron chi connectivity index (χ1n) is 8.39. The summed E-state index contributed by atoms with van der Waals surface area (Å²) in [7, 11) is 0. The van der Waals surface area contributed by atoms with Crippen molar-refractivity contribution in [3.63, 3.8) is 0 Å². The second-order valence-electron chi connectivity index (χ2n) is 6.50. The van der Waals surface area contributed by atoms with Gasteiger partial charge in [0.2, 0.25) is 5.91 Å². The van der Waals surface area contributed by atoms with Gasteiger partial charge in [0.1, 0.15) is 0 Å². The largest absolute Gasteiger partial charge is 0.388 e. The molecule has 0 spiro atoms. The molecule has 1 aliphatic carbocycles. The molecule has 4 nitrogen and oxygen atoms in total. The molecule has 1 heterocycles. The maximum Gasteiger partial charge on any atom is 0.237 e. The lowest BCUT2D eigenvalue weighted by Crippen LogP contribution is -2.52. The Balaban J connectivity index is 1.84. The summed E-state index contributed by atoms with van der Waals surface area (Å²) < 4.78 is 0. The van der Waals surface area contributed by atoms with E-state index in [4.69, 9.17) is 0 Å². The van der Waals surface area contributed by atoms with E-state index in [0.717, 1.165) is 51.6 Å². The molecule has 0 radical (unpaired) electrons. The van der Waals surface area contributed by atoms with Crippen LogP contribution in [0.5, 0.6) is 0 Å². The molecule has 0 aromatic rings. The zero-order valence-corrected chi connectivity index (χ0v) is 12.9. The highest BCUT2D eigenvalue weighted by molar-refractivity contribution is 5.81. The van der Waals surface area contributed by atoms with E-state index in [2.05, 4.69) is 17.1 Å². The van der Waals surface area contributed by atoms with Crippen molar-refractivity contribution in [3.8, 4) is 0 Å². The predicted molar refractivity (Wildman–Crippen MR) is 80.5 cm³/mol. The van der Waals surface area contributed by atoms with Crippen LogP contribution < -0.4 is 5.32 Å². The van der Waals surface area contributed by atoms with E-state index in [9.17, 15) is 9.90 Å². The number of hydrogen-bond donors (Lipinski definition) is 2. The highest BCUT2D eigenvalue weighted by Crippen LogP contribution is 2.26. The summed E-state index contributed by atoms with van der Waals surface area (Å²) in [6, 6.07) is 0.0168. The number of carbonyl (C=O) groups excluding carboxylic acids is 1. The lowest BCUT2D eigenvalue weighted by molar-refractivity contribution is -0.129. The summed E-state index contributed by atoms with van der Waals surface area (Å²) in [6.07, 6.45) is 9.53. The molecule has 0 aromatic carbocycles. The number of hydrogen-bond acceptors (Lipinski definition) is 3. The average molecular weight is 282 g/mol. The SMILES string of the molecule is CCN1CCCCC1C(=O)NCC1(O)CCCCCC1. The third-order valence-corrected chi connectivity index (χ3v) is 4.95. The minimum Gasteiger partial charge on any atom is -0.388 e. The molecule has 1 saturated carbocycles. The molecule has 1 aliphatic heterocycles. The fraction of sp³-hybridized carbons (Fsp3) is 0.938. The van der Waals surface area contributed by atoms with Gasteiger partial charge >= 0.3 is 0 Å². The van der Waals surface area contributed by atoms with E-state index in [0.29, 0.717) is 6.54 Å². The Labute approximate surface area is 122 Å². The number of piperidine rings is 1. The van der Waals surface area contributed by atoms with Gasteiger partial charge in [0.15, 0.2) is 0 Å². The summed E-state index contributed by atoms with van der Waals surface area (Å²) >= 11 is 0. The maximum atomic E-state index is 12.4. The van der Waals surface area contributed by atoms with Gasteiger partial charge in [0.05, 0.1) is 11.6 Å². The molecule has 1 saturated heterocycles. The highest BCUT2D eigenvalue weighted by atomic mass is 16.3. The van der Waals surface area contributed by atoms with Crippen molar-refractivity contribution in [1.82, 2.24) is 10.2 Å². The minimum absolute atomic E-state index is 0.0168. The van der Waals surface area contributed by atoms with Crippen LogP contribution in [-0.2, 0) is 4.79 Å². The minimum atomic E-state index is -0.669. The number of likely N-dealkylation sites (tertiary alicyclic amines) is 1. The van der Waals surface area contributed by atoms with Crippen LogP contribution in [0.15, 0.2) is 0 Å². The fourth-order valence-corrected chi connectivity index (χ4v) is 3.60. The van der Waals surface area contributed by atoms with E-state index in [-0.39, 0.29) is 11.9 Å². The van der Waals surface area contributed by atoms with Crippen molar-refractivity contribution in [2.75, 3.05) is 19.6 Å². The smallest absolute Gasteiger partial charge is 0.237 e. The van der Waals surface area contributed by atoms with Gasteiger partial charge < -0.3 is 10.4 Å². The summed E-state index contributed by atoms with van der Waals surface area (Å²) in [4.78, 5) is 14.6. The molecule has 1 atom stereocenters. The van der Waals surface area contributed by atoms with Gasteiger partial charge in [0, 0.05) is 6.54 Å². The zero-order chi connectivity index (χ0) is 14.4. The molecule has 2 fully saturated rings. The number of nitrogens with zero attached hydrogens (tertiary/aromatic N) is 1. The van der Waals surface area contributed by atoms with E-state index < -0.39 is 5.60 Å². The second kappa shape index (κ2) is 7.41. The van der Waals surface area contributed by atoms with Crippen LogP contribution in [0.2, 0.25) is 0 Å². The number of nitrogens with one attached hydrogen (secondary N) is 1. The van der Waals surface area contributed by atoms with Crippen molar-refractivity contribution in [2.45, 2.75) is 76.4 Å². The Morgan fingerprint density at radius 2 is 1.90 bits per heavy atom. The van der Waals surface area contributed by atoms with E-state index in [1.54, 1.807) is 0 Å². The van der Waals surface area contributed by atoms with Crippen molar-refractivity contribution in [1.29, 1.82) is 0 Å². The first kappa shape index (κ1) is 15.8.